The number of hydrogen-bond donors (Lipinski definition) is 1. The maximum absolute atomic E-state index is 13.4. The Bertz CT molecular complexity index is 397. The zero-order valence-corrected chi connectivity index (χ0v) is 10.9. The summed E-state index contributed by atoms with van der Waals surface area (Å²) in [6, 6.07) is 4.34. The van der Waals surface area contributed by atoms with E-state index in [0.717, 1.165) is 12.6 Å². The quantitative estimate of drug-likeness (QED) is 0.854. The van der Waals surface area contributed by atoms with Gasteiger partial charge in [0.15, 0.2) is 11.6 Å². The molecule has 1 saturated carbocycles. The van der Waals surface area contributed by atoms with Crippen molar-refractivity contribution in [2.24, 2.45) is 5.41 Å². The first kappa shape index (κ1) is 13.5. The van der Waals surface area contributed by atoms with E-state index >= 15 is 0 Å². The molecule has 18 heavy (non-hydrogen) atoms. The molecular weight excluding hydrogens is 232 g/mol. The van der Waals surface area contributed by atoms with Gasteiger partial charge in [-0.05, 0) is 24.3 Å². The summed E-state index contributed by atoms with van der Waals surface area (Å²) in [5.41, 5.74) is 0.733. The first-order valence-corrected chi connectivity index (χ1v) is 6.74. The van der Waals surface area contributed by atoms with E-state index in [-0.39, 0.29) is 0 Å². The minimum absolute atomic E-state index is 0.321. The Balaban J connectivity index is 1.86. The van der Waals surface area contributed by atoms with Crippen LogP contribution >= 0.6 is 0 Å². The monoisotopic (exact) mass is 253 g/mol. The SMILES string of the molecule is CC1(CNCc2cccc(F)c2F)CCCCC1. The summed E-state index contributed by atoms with van der Waals surface area (Å²) in [6.07, 6.45) is 6.35. The fourth-order valence-electron chi connectivity index (χ4n) is 2.77. The van der Waals surface area contributed by atoms with Gasteiger partial charge in [-0.2, -0.15) is 0 Å². The molecular formula is C15H21F2N. The highest BCUT2D eigenvalue weighted by Gasteiger charge is 2.26. The highest BCUT2D eigenvalue weighted by atomic mass is 19.2. The molecule has 1 fully saturated rings. The van der Waals surface area contributed by atoms with Crippen LogP contribution in [-0.4, -0.2) is 6.54 Å². The van der Waals surface area contributed by atoms with Gasteiger partial charge < -0.3 is 5.32 Å². The second kappa shape index (κ2) is 5.79. The third-order valence-corrected chi connectivity index (χ3v) is 3.96. The van der Waals surface area contributed by atoms with Crippen LogP contribution in [0.25, 0.3) is 0 Å². The number of rotatable bonds is 4. The van der Waals surface area contributed by atoms with Crippen molar-refractivity contribution in [3.8, 4) is 0 Å². The molecule has 0 unspecified atom stereocenters. The van der Waals surface area contributed by atoms with Crippen molar-refractivity contribution in [3.05, 3.63) is 35.4 Å². The lowest BCUT2D eigenvalue weighted by molar-refractivity contribution is 0.207. The van der Waals surface area contributed by atoms with Crippen LogP contribution in [0.3, 0.4) is 0 Å². The topological polar surface area (TPSA) is 12.0 Å². The maximum atomic E-state index is 13.4. The van der Waals surface area contributed by atoms with Gasteiger partial charge in [0, 0.05) is 18.7 Å². The highest BCUT2D eigenvalue weighted by molar-refractivity contribution is 5.18. The van der Waals surface area contributed by atoms with Crippen molar-refractivity contribution in [1.29, 1.82) is 0 Å². The fraction of sp³-hybridized carbons (Fsp3) is 0.600. The van der Waals surface area contributed by atoms with Crippen molar-refractivity contribution < 1.29 is 8.78 Å². The molecule has 3 heteroatoms. The smallest absolute Gasteiger partial charge is 0.163 e. The summed E-state index contributed by atoms with van der Waals surface area (Å²) >= 11 is 0. The molecule has 1 nitrogen and oxygen atoms in total. The van der Waals surface area contributed by atoms with Gasteiger partial charge >= 0.3 is 0 Å². The van der Waals surface area contributed by atoms with Crippen LogP contribution in [0.4, 0.5) is 8.78 Å². The molecule has 0 heterocycles. The van der Waals surface area contributed by atoms with Crippen molar-refractivity contribution in [3.63, 3.8) is 0 Å². The first-order chi connectivity index (χ1) is 8.61. The average molecular weight is 253 g/mol. The molecule has 1 aliphatic carbocycles. The summed E-state index contributed by atoms with van der Waals surface area (Å²) in [4.78, 5) is 0. The minimum atomic E-state index is -0.766. The number of benzene rings is 1. The number of nitrogens with one attached hydrogen (secondary N) is 1. The molecule has 0 bridgehead atoms. The van der Waals surface area contributed by atoms with Gasteiger partial charge in [0.2, 0.25) is 0 Å². The summed E-state index contributed by atoms with van der Waals surface area (Å²) < 4.78 is 26.5. The van der Waals surface area contributed by atoms with E-state index in [1.807, 2.05) is 0 Å². The Kier molecular flexibility index (Phi) is 4.33. The molecule has 1 aliphatic rings. The van der Waals surface area contributed by atoms with Crippen molar-refractivity contribution >= 4 is 0 Å². The fourth-order valence-corrected chi connectivity index (χ4v) is 2.77. The predicted octanol–water partition coefficient (Wildman–Crippen LogP) is 4.02. The lowest BCUT2D eigenvalue weighted by Crippen LogP contribution is -2.33. The van der Waals surface area contributed by atoms with Crippen LogP contribution in [-0.2, 0) is 6.54 Å². The largest absolute Gasteiger partial charge is 0.312 e. The van der Waals surface area contributed by atoms with Gasteiger partial charge in [-0.1, -0.05) is 38.3 Å². The number of hydrogen-bond acceptors (Lipinski definition) is 1. The molecule has 0 amide bonds. The van der Waals surface area contributed by atoms with Crippen LogP contribution in [0.15, 0.2) is 18.2 Å². The third-order valence-electron chi connectivity index (χ3n) is 3.96. The standard InChI is InChI=1S/C15H21F2N/c1-15(8-3-2-4-9-15)11-18-10-12-6-5-7-13(16)14(12)17/h5-7,18H,2-4,8-11H2,1H3. The van der Waals surface area contributed by atoms with Gasteiger partial charge in [-0.3, -0.25) is 0 Å². The lowest BCUT2D eigenvalue weighted by Gasteiger charge is -2.33. The van der Waals surface area contributed by atoms with E-state index in [1.165, 1.54) is 32.1 Å². The summed E-state index contributed by atoms with van der Waals surface area (Å²) in [5, 5.41) is 3.27. The summed E-state index contributed by atoms with van der Waals surface area (Å²) in [7, 11) is 0. The maximum Gasteiger partial charge on any atom is 0.163 e. The molecule has 100 valence electrons. The van der Waals surface area contributed by atoms with E-state index in [4.69, 9.17) is 0 Å². The van der Waals surface area contributed by atoms with Crippen LogP contribution in [0.2, 0.25) is 0 Å². The molecule has 0 aliphatic heterocycles. The molecule has 1 N–H and O–H groups in total. The van der Waals surface area contributed by atoms with E-state index in [2.05, 4.69) is 12.2 Å². The Morgan fingerprint density at radius 2 is 1.89 bits per heavy atom. The van der Waals surface area contributed by atoms with Crippen molar-refractivity contribution in [2.75, 3.05) is 6.54 Å². The van der Waals surface area contributed by atoms with Crippen molar-refractivity contribution in [2.45, 2.75) is 45.6 Å². The molecule has 0 atom stereocenters. The predicted molar refractivity (Wildman–Crippen MR) is 69.3 cm³/mol. The Hall–Kier alpha value is -0.960. The summed E-state index contributed by atoms with van der Waals surface area (Å²) in [5.74, 6) is -1.49. The molecule has 1 aromatic rings. The van der Waals surface area contributed by atoms with Gasteiger partial charge in [0.05, 0.1) is 0 Å². The molecule has 2 rings (SSSR count). The Morgan fingerprint density at radius 3 is 2.61 bits per heavy atom. The second-order valence-electron chi connectivity index (χ2n) is 5.69. The van der Waals surface area contributed by atoms with Crippen LogP contribution in [0.5, 0.6) is 0 Å². The number of halogens is 2. The zero-order valence-electron chi connectivity index (χ0n) is 10.9. The molecule has 0 radical (unpaired) electrons. The third kappa shape index (κ3) is 3.29. The van der Waals surface area contributed by atoms with E-state index in [0.29, 0.717) is 17.5 Å². The van der Waals surface area contributed by atoms with E-state index < -0.39 is 11.6 Å². The van der Waals surface area contributed by atoms with Crippen molar-refractivity contribution in [1.82, 2.24) is 5.32 Å². The van der Waals surface area contributed by atoms with E-state index in [9.17, 15) is 8.78 Å². The molecule has 1 aromatic carbocycles. The van der Waals surface area contributed by atoms with Crippen LogP contribution in [0, 0.1) is 17.0 Å². The normalized spacial score (nSPS) is 18.8. The highest BCUT2D eigenvalue weighted by Crippen LogP contribution is 2.34. The Labute approximate surface area is 108 Å². The molecule has 0 saturated heterocycles. The van der Waals surface area contributed by atoms with E-state index in [1.54, 1.807) is 12.1 Å². The van der Waals surface area contributed by atoms with Gasteiger partial charge in [-0.15, -0.1) is 0 Å². The van der Waals surface area contributed by atoms with Crippen LogP contribution in [0.1, 0.15) is 44.6 Å². The Morgan fingerprint density at radius 1 is 1.17 bits per heavy atom. The zero-order chi connectivity index (χ0) is 13.0. The second-order valence-corrected chi connectivity index (χ2v) is 5.69. The van der Waals surface area contributed by atoms with Crippen LogP contribution < -0.4 is 5.32 Å². The molecule has 0 aromatic heterocycles. The minimum Gasteiger partial charge on any atom is -0.312 e. The van der Waals surface area contributed by atoms with Gasteiger partial charge in [-0.25, -0.2) is 8.78 Å². The summed E-state index contributed by atoms with van der Waals surface area (Å²) in [6.45, 7) is 3.56. The lowest BCUT2D eigenvalue weighted by atomic mass is 9.76. The van der Waals surface area contributed by atoms with Gasteiger partial charge in [0.25, 0.3) is 0 Å². The first-order valence-electron chi connectivity index (χ1n) is 6.74. The van der Waals surface area contributed by atoms with Gasteiger partial charge in [0.1, 0.15) is 0 Å². The average Bonchev–Trinajstić information content (AvgIpc) is 2.35. The molecule has 0 spiro atoms.